The third-order valence-electron chi connectivity index (χ3n) is 2.74. The Morgan fingerprint density at radius 2 is 1.89 bits per heavy atom. The molecule has 4 heteroatoms. The van der Waals surface area contributed by atoms with Gasteiger partial charge in [0.25, 0.3) is 0 Å². The molecule has 0 amide bonds. The Bertz CT molecular complexity index is 740. The Morgan fingerprint density at radius 1 is 1.05 bits per heavy atom. The van der Waals surface area contributed by atoms with Crippen molar-refractivity contribution < 1.29 is 9.13 Å². The average Bonchev–Trinajstić information content (AvgIpc) is 2.43. The molecule has 0 saturated carbocycles. The van der Waals surface area contributed by atoms with Crippen molar-refractivity contribution in [1.82, 2.24) is 4.98 Å². The van der Waals surface area contributed by atoms with E-state index < -0.39 is 0 Å². The van der Waals surface area contributed by atoms with E-state index in [4.69, 9.17) is 4.74 Å². The zero-order valence-electron chi connectivity index (χ0n) is 9.81. The Hall–Kier alpha value is -1.94. The molecular weight excluding hydrogens is 309 g/mol. The number of pyridine rings is 1. The van der Waals surface area contributed by atoms with E-state index in [1.54, 1.807) is 12.3 Å². The lowest BCUT2D eigenvalue weighted by Gasteiger charge is -2.09. The van der Waals surface area contributed by atoms with Crippen molar-refractivity contribution in [3.63, 3.8) is 0 Å². The molecule has 0 fully saturated rings. The minimum atomic E-state index is -0.349. The molecule has 2 aromatic carbocycles. The molecule has 0 aliphatic rings. The predicted octanol–water partition coefficient (Wildman–Crippen LogP) is 4.93. The maximum absolute atomic E-state index is 13.2. The van der Waals surface area contributed by atoms with Crippen LogP contribution in [0.4, 0.5) is 4.39 Å². The number of hydrogen-bond acceptors (Lipinski definition) is 2. The summed E-state index contributed by atoms with van der Waals surface area (Å²) in [6.07, 6.45) is 1.67. The summed E-state index contributed by atoms with van der Waals surface area (Å²) in [6.45, 7) is 0. The number of ether oxygens (including phenoxy) is 1. The Labute approximate surface area is 118 Å². The number of rotatable bonds is 2. The van der Waals surface area contributed by atoms with Crippen LogP contribution in [0.2, 0.25) is 0 Å². The molecule has 0 spiro atoms. The minimum Gasteiger partial charge on any atom is -0.437 e. The number of halogens is 2. The van der Waals surface area contributed by atoms with Crippen LogP contribution in [0.25, 0.3) is 10.8 Å². The number of aromatic nitrogens is 1. The fourth-order valence-corrected chi connectivity index (χ4v) is 2.16. The van der Waals surface area contributed by atoms with Crippen molar-refractivity contribution in [3.05, 3.63) is 65.0 Å². The van der Waals surface area contributed by atoms with Crippen molar-refractivity contribution in [1.29, 1.82) is 0 Å². The SMILES string of the molecule is Fc1ccc(Br)c(Oc2nccc3ccccc23)c1. The predicted molar refractivity (Wildman–Crippen MR) is 75.9 cm³/mol. The smallest absolute Gasteiger partial charge is 0.227 e. The van der Waals surface area contributed by atoms with Crippen molar-refractivity contribution in [3.8, 4) is 11.6 Å². The van der Waals surface area contributed by atoms with Crippen molar-refractivity contribution >= 4 is 26.7 Å². The van der Waals surface area contributed by atoms with Crippen LogP contribution in [0, 0.1) is 5.82 Å². The van der Waals surface area contributed by atoms with Gasteiger partial charge in [-0.2, -0.15) is 0 Å². The van der Waals surface area contributed by atoms with Crippen LogP contribution in [0.15, 0.2) is 59.2 Å². The second-order valence-electron chi connectivity index (χ2n) is 4.01. The van der Waals surface area contributed by atoms with Crippen LogP contribution < -0.4 is 4.74 Å². The molecule has 0 bridgehead atoms. The number of benzene rings is 2. The van der Waals surface area contributed by atoms with Crippen LogP contribution in [0.5, 0.6) is 11.6 Å². The molecule has 0 unspecified atom stereocenters. The fourth-order valence-electron chi connectivity index (χ4n) is 1.83. The molecule has 0 saturated heterocycles. The Morgan fingerprint density at radius 3 is 2.79 bits per heavy atom. The molecule has 0 aliphatic carbocycles. The Balaban J connectivity index is 2.08. The summed E-state index contributed by atoms with van der Waals surface area (Å²) < 4.78 is 19.6. The molecular formula is C15H9BrFNO. The van der Waals surface area contributed by atoms with Gasteiger partial charge in [-0.1, -0.05) is 18.2 Å². The van der Waals surface area contributed by atoms with E-state index in [9.17, 15) is 4.39 Å². The third-order valence-corrected chi connectivity index (χ3v) is 3.39. The maximum atomic E-state index is 13.2. The molecule has 1 heterocycles. The third kappa shape index (κ3) is 2.44. The molecule has 1 aromatic heterocycles. The van der Waals surface area contributed by atoms with E-state index >= 15 is 0 Å². The molecule has 94 valence electrons. The molecule has 0 atom stereocenters. The first-order valence-corrected chi connectivity index (χ1v) is 6.50. The van der Waals surface area contributed by atoms with Gasteiger partial charge >= 0.3 is 0 Å². The van der Waals surface area contributed by atoms with Gasteiger partial charge in [0.05, 0.1) is 4.47 Å². The van der Waals surface area contributed by atoms with Gasteiger partial charge in [-0.15, -0.1) is 0 Å². The minimum absolute atomic E-state index is 0.349. The second-order valence-corrected chi connectivity index (χ2v) is 4.87. The first kappa shape index (κ1) is 12.1. The van der Waals surface area contributed by atoms with Gasteiger partial charge < -0.3 is 4.74 Å². The molecule has 0 N–H and O–H groups in total. The lowest BCUT2D eigenvalue weighted by Crippen LogP contribution is -1.91. The summed E-state index contributed by atoms with van der Waals surface area (Å²) in [4.78, 5) is 4.21. The standard InChI is InChI=1S/C15H9BrFNO/c16-13-6-5-11(17)9-14(13)19-15-12-4-2-1-3-10(12)7-8-18-15/h1-9H. The summed E-state index contributed by atoms with van der Waals surface area (Å²) in [5, 5.41) is 1.92. The van der Waals surface area contributed by atoms with Crippen molar-refractivity contribution in [2.45, 2.75) is 0 Å². The van der Waals surface area contributed by atoms with Gasteiger partial charge in [0.15, 0.2) is 0 Å². The monoisotopic (exact) mass is 317 g/mol. The largest absolute Gasteiger partial charge is 0.437 e. The van der Waals surface area contributed by atoms with E-state index in [0.29, 0.717) is 16.1 Å². The van der Waals surface area contributed by atoms with Crippen LogP contribution >= 0.6 is 15.9 Å². The first-order chi connectivity index (χ1) is 9.24. The lowest BCUT2D eigenvalue weighted by atomic mass is 10.2. The normalized spacial score (nSPS) is 10.6. The molecule has 3 rings (SSSR count). The van der Waals surface area contributed by atoms with Gasteiger partial charge in [0.2, 0.25) is 5.88 Å². The summed E-state index contributed by atoms with van der Waals surface area (Å²) >= 11 is 3.33. The lowest BCUT2D eigenvalue weighted by molar-refractivity contribution is 0.461. The van der Waals surface area contributed by atoms with Crippen LogP contribution in [0.3, 0.4) is 0 Å². The molecule has 2 nitrogen and oxygen atoms in total. The summed E-state index contributed by atoms with van der Waals surface area (Å²) in [7, 11) is 0. The number of fused-ring (bicyclic) bond motifs is 1. The topological polar surface area (TPSA) is 22.1 Å². The van der Waals surface area contributed by atoms with Crippen LogP contribution in [-0.2, 0) is 0 Å². The highest BCUT2D eigenvalue weighted by atomic mass is 79.9. The molecule has 0 radical (unpaired) electrons. The van der Waals surface area contributed by atoms with Gasteiger partial charge in [-0.05, 0) is 45.6 Å². The summed E-state index contributed by atoms with van der Waals surface area (Å²) in [6, 6.07) is 14.0. The highest BCUT2D eigenvalue weighted by Crippen LogP contribution is 2.32. The summed E-state index contributed by atoms with van der Waals surface area (Å²) in [5.41, 5.74) is 0. The van der Waals surface area contributed by atoms with Crippen molar-refractivity contribution in [2.24, 2.45) is 0 Å². The molecule has 0 aliphatic heterocycles. The number of hydrogen-bond donors (Lipinski definition) is 0. The van der Waals surface area contributed by atoms with Gasteiger partial charge in [-0.3, -0.25) is 0 Å². The van der Waals surface area contributed by atoms with E-state index in [-0.39, 0.29) is 5.82 Å². The van der Waals surface area contributed by atoms with E-state index in [1.165, 1.54) is 12.1 Å². The average molecular weight is 318 g/mol. The van der Waals surface area contributed by atoms with E-state index in [1.807, 2.05) is 30.3 Å². The zero-order valence-corrected chi connectivity index (χ0v) is 11.4. The number of nitrogens with zero attached hydrogens (tertiary/aromatic N) is 1. The van der Waals surface area contributed by atoms with Gasteiger partial charge in [0, 0.05) is 17.6 Å². The molecule has 19 heavy (non-hydrogen) atoms. The van der Waals surface area contributed by atoms with Gasteiger partial charge in [0.1, 0.15) is 11.6 Å². The van der Waals surface area contributed by atoms with E-state index in [2.05, 4.69) is 20.9 Å². The van der Waals surface area contributed by atoms with E-state index in [0.717, 1.165) is 10.8 Å². The van der Waals surface area contributed by atoms with Crippen LogP contribution in [-0.4, -0.2) is 4.98 Å². The first-order valence-electron chi connectivity index (χ1n) is 5.71. The van der Waals surface area contributed by atoms with Crippen molar-refractivity contribution in [2.75, 3.05) is 0 Å². The summed E-state index contributed by atoms with van der Waals surface area (Å²) in [5.74, 6) is 0.520. The van der Waals surface area contributed by atoms with Gasteiger partial charge in [-0.25, -0.2) is 9.37 Å². The highest BCUT2D eigenvalue weighted by Gasteiger charge is 2.08. The quantitative estimate of drug-likeness (QED) is 0.668. The fraction of sp³-hybridized carbons (Fsp3) is 0. The molecule has 3 aromatic rings. The van der Waals surface area contributed by atoms with Crippen LogP contribution in [0.1, 0.15) is 0 Å². The zero-order chi connectivity index (χ0) is 13.2. The Kier molecular flexibility index (Phi) is 3.17. The second kappa shape index (κ2) is 4.97. The maximum Gasteiger partial charge on any atom is 0.227 e. The highest BCUT2D eigenvalue weighted by molar-refractivity contribution is 9.10.